The molecule has 4 aromatic carbocycles. The maximum Gasteiger partial charge on any atom is 0.330 e. The van der Waals surface area contributed by atoms with Gasteiger partial charge in [0.15, 0.2) is 6.23 Å². The van der Waals surface area contributed by atoms with E-state index in [0.717, 1.165) is 36.9 Å². The van der Waals surface area contributed by atoms with Crippen LogP contribution in [0.3, 0.4) is 0 Å². The second kappa shape index (κ2) is 7.23. The van der Waals surface area contributed by atoms with Crippen molar-refractivity contribution in [2.75, 3.05) is 6.61 Å². The van der Waals surface area contributed by atoms with E-state index in [1.807, 2.05) is 48.5 Å². The molecule has 4 atom stereocenters. The molecule has 6 rings (SSSR count). The van der Waals surface area contributed by atoms with Gasteiger partial charge in [0.2, 0.25) is 0 Å². The van der Waals surface area contributed by atoms with Crippen LogP contribution >= 0.6 is 0 Å². The Labute approximate surface area is 186 Å². The molecule has 8 nitrogen and oxygen atoms in total. The fourth-order valence-electron chi connectivity index (χ4n) is 4.95. The van der Waals surface area contributed by atoms with Crippen LogP contribution in [0.1, 0.15) is 6.23 Å². The van der Waals surface area contributed by atoms with E-state index < -0.39 is 42.4 Å². The maximum absolute atomic E-state index is 12.9. The van der Waals surface area contributed by atoms with E-state index in [0.29, 0.717) is 5.56 Å². The Morgan fingerprint density at radius 2 is 1.52 bits per heavy atom. The van der Waals surface area contributed by atoms with Crippen molar-refractivity contribution in [1.29, 1.82) is 0 Å². The molecule has 5 aromatic rings. The van der Waals surface area contributed by atoms with Crippen LogP contribution < -0.4 is 11.2 Å². The minimum atomic E-state index is -1.44. The molecule has 0 bridgehead atoms. The first-order chi connectivity index (χ1) is 16.0. The Hall–Kier alpha value is -3.56. The molecule has 0 spiro atoms. The first-order valence-corrected chi connectivity index (χ1v) is 10.6. The Balaban J connectivity index is 1.60. The Morgan fingerprint density at radius 1 is 0.848 bits per heavy atom. The van der Waals surface area contributed by atoms with E-state index in [1.54, 1.807) is 0 Å². The highest BCUT2D eigenvalue weighted by atomic mass is 16.6. The SMILES string of the molecule is O=c1[nH]c(=O)n([C@@H]2O[C@H](CO)[C@@H](O)[C@H]2O)cc1-c1ccc2ccc3cccc4ccc1c2c34. The monoisotopic (exact) mass is 444 g/mol. The highest BCUT2D eigenvalue weighted by Gasteiger charge is 2.43. The average molecular weight is 444 g/mol. The number of aromatic nitrogens is 2. The van der Waals surface area contributed by atoms with Gasteiger partial charge < -0.3 is 20.1 Å². The zero-order valence-electron chi connectivity index (χ0n) is 17.3. The van der Waals surface area contributed by atoms with Crippen LogP contribution in [0.5, 0.6) is 0 Å². The summed E-state index contributed by atoms with van der Waals surface area (Å²) < 4.78 is 6.56. The highest BCUT2D eigenvalue weighted by molar-refractivity contribution is 6.25. The van der Waals surface area contributed by atoms with Crippen LogP contribution in [0.25, 0.3) is 43.4 Å². The fraction of sp³-hybridized carbons (Fsp3) is 0.200. The van der Waals surface area contributed by atoms with Gasteiger partial charge in [0.1, 0.15) is 18.3 Å². The lowest BCUT2D eigenvalue weighted by atomic mass is 9.90. The van der Waals surface area contributed by atoms with Gasteiger partial charge in [0, 0.05) is 6.20 Å². The smallest absolute Gasteiger partial charge is 0.330 e. The molecular formula is C25H20N2O6. The molecule has 0 unspecified atom stereocenters. The van der Waals surface area contributed by atoms with Crippen molar-refractivity contribution in [2.24, 2.45) is 0 Å². The van der Waals surface area contributed by atoms with E-state index >= 15 is 0 Å². The third-order valence-corrected chi connectivity index (χ3v) is 6.58. The van der Waals surface area contributed by atoms with Crippen LogP contribution in [0.15, 0.2) is 70.4 Å². The van der Waals surface area contributed by atoms with Crippen LogP contribution in [0, 0.1) is 0 Å². The van der Waals surface area contributed by atoms with Gasteiger partial charge in [-0.1, -0.05) is 54.6 Å². The number of aliphatic hydroxyl groups excluding tert-OH is 3. The van der Waals surface area contributed by atoms with Gasteiger partial charge in [-0.25, -0.2) is 4.79 Å². The molecule has 33 heavy (non-hydrogen) atoms. The summed E-state index contributed by atoms with van der Waals surface area (Å²) in [6, 6.07) is 17.9. The highest BCUT2D eigenvalue weighted by Crippen LogP contribution is 2.38. The van der Waals surface area contributed by atoms with E-state index in [2.05, 4.69) is 11.1 Å². The second-order valence-corrected chi connectivity index (χ2v) is 8.41. The number of nitrogens with zero attached hydrogens (tertiary/aromatic N) is 1. The van der Waals surface area contributed by atoms with Crippen molar-refractivity contribution in [2.45, 2.75) is 24.5 Å². The van der Waals surface area contributed by atoms with Crippen molar-refractivity contribution < 1.29 is 20.1 Å². The van der Waals surface area contributed by atoms with Gasteiger partial charge in [-0.15, -0.1) is 0 Å². The summed E-state index contributed by atoms with van der Waals surface area (Å²) in [5.74, 6) is 0. The summed E-state index contributed by atoms with van der Waals surface area (Å²) in [7, 11) is 0. The number of aromatic amines is 1. The third kappa shape index (κ3) is 2.86. The van der Waals surface area contributed by atoms with Crippen molar-refractivity contribution in [3.8, 4) is 11.1 Å². The van der Waals surface area contributed by atoms with Gasteiger partial charge in [-0.2, -0.15) is 0 Å². The standard InChI is InChI=1S/C25H20N2O6/c28-11-18-21(29)22(30)24(33-18)27-10-17(23(31)26-25(27)32)15-8-6-14-5-4-12-2-1-3-13-7-9-16(15)20(14)19(12)13/h1-10,18,21-22,24,28-30H,11H2,(H,26,31,32)/t18-,21-,22-,24-/m1/s1. The molecule has 0 amide bonds. The molecule has 8 heteroatoms. The number of aliphatic hydroxyl groups is 3. The van der Waals surface area contributed by atoms with Crippen molar-refractivity contribution in [3.05, 3.63) is 81.6 Å². The number of ether oxygens (including phenoxy) is 1. The lowest BCUT2D eigenvalue weighted by molar-refractivity contribution is -0.0549. The van der Waals surface area contributed by atoms with Crippen LogP contribution in [-0.2, 0) is 4.74 Å². The summed E-state index contributed by atoms with van der Waals surface area (Å²) in [6.07, 6.45) is -3.76. The van der Waals surface area contributed by atoms with Crippen molar-refractivity contribution in [3.63, 3.8) is 0 Å². The van der Waals surface area contributed by atoms with Gasteiger partial charge in [-0.05, 0) is 37.9 Å². The molecule has 2 heterocycles. The number of rotatable bonds is 3. The molecule has 166 valence electrons. The van der Waals surface area contributed by atoms with E-state index in [9.17, 15) is 24.9 Å². The molecule has 0 aliphatic carbocycles. The number of benzene rings is 4. The van der Waals surface area contributed by atoms with Gasteiger partial charge in [0.25, 0.3) is 5.56 Å². The molecule has 1 aliphatic heterocycles. The van der Waals surface area contributed by atoms with E-state index in [-0.39, 0.29) is 5.56 Å². The molecule has 1 saturated heterocycles. The number of nitrogens with one attached hydrogen (secondary N) is 1. The Bertz CT molecular complexity index is 1620. The first-order valence-electron chi connectivity index (χ1n) is 10.6. The lowest BCUT2D eigenvalue weighted by Gasteiger charge is -2.19. The normalized spacial score (nSPS) is 23.2. The maximum atomic E-state index is 12.9. The quantitative estimate of drug-likeness (QED) is 0.314. The summed E-state index contributed by atoms with van der Waals surface area (Å²) in [6.45, 7) is -0.519. The van der Waals surface area contributed by atoms with Gasteiger partial charge in [0.05, 0.1) is 12.2 Å². The molecular weight excluding hydrogens is 424 g/mol. The molecule has 4 N–H and O–H groups in total. The van der Waals surface area contributed by atoms with Crippen LogP contribution in [-0.4, -0.2) is 49.8 Å². The van der Waals surface area contributed by atoms with Crippen molar-refractivity contribution in [1.82, 2.24) is 9.55 Å². The van der Waals surface area contributed by atoms with Crippen LogP contribution in [0.2, 0.25) is 0 Å². The predicted octanol–water partition coefficient (Wildman–Crippen LogP) is 1.71. The molecule has 0 radical (unpaired) electrons. The Kier molecular flexibility index (Phi) is 4.40. The summed E-state index contributed by atoms with van der Waals surface area (Å²) in [5.41, 5.74) is -0.498. The molecule has 1 fully saturated rings. The minimum Gasteiger partial charge on any atom is -0.394 e. The first kappa shape index (κ1) is 20.1. The second-order valence-electron chi connectivity index (χ2n) is 8.41. The van der Waals surface area contributed by atoms with Gasteiger partial charge >= 0.3 is 5.69 Å². The zero-order valence-corrected chi connectivity index (χ0v) is 17.3. The van der Waals surface area contributed by atoms with Crippen molar-refractivity contribution >= 4 is 32.3 Å². The Morgan fingerprint density at radius 3 is 2.21 bits per heavy atom. The van der Waals surface area contributed by atoms with Gasteiger partial charge in [-0.3, -0.25) is 14.3 Å². The summed E-state index contributed by atoms with van der Waals surface area (Å²) in [4.78, 5) is 27.7. The zero-order chi connectivity index (χ0) is 22.9. The van der Waals surface area contributed by atoms with E-state index in [4.69, 9.17) is 4.74 Å². The predicted molar refractivity (Wildman–Crippen MR) is 123 cm³/mol. The minimum absolute atomic E-state index is 0.227. The summed E-state index contributed by atoms with van der Waals surface area (Å²) in [5, 5.41) is 36.1. The fourth-order valence-corrected chi connectivity index (χ4v) is 4.95. The number of hydrogen-bond donors (Lipinski definition) is 4. The molecule has 1 aromatic heterocycles. The van der Waals surface area contributed by atoms with Crippen LogP contribution in [0.4, 0.5) is 0 Å². The third-order valence-electron chi connectivity index (χ3n) is 6.58. The summed E-state index contributed by atoms with van der Waals surface area (Å²) >= 11 is 0. The number of H-pyrrole nitrogens is 1. The topological polar surface area (TPSA) is 125 Å². The average Bonchev–Trinajstić information content (AvgIpc) is 3.11. The molecule has 0 saturated carbocycles. The number of hydrogen-bond acceptors (Lipinski definition) is 6. The largest absolute Gasteiger partial charge is 0.394 e. The molecule has 1 aliphatic rings. The lowest BCUT2D eigenvalue weighted by Crippen LogP contribution is -2.38. The van der Waals surface area contributed by atoms with E-state index in [1.165, 1.54) is 6.20 Å².